The molecule has 0 aromatic rings. The van der Waals surface area contributed by atoms with Gasteiger partial charge in [-0.1, -0.05) is 19.8 Å². The maximum absolute atomic E-state index is 11.9. The maximum atomic E-state index is 11.9. The number of rotatable bonds is 4. The molecule has 88 valence electrons. The zero-order chi connectivity index (χ0) is 11.3. The third kappa shape index (κ3) is 3.80. The van der Waals surface area contributed by atoms with Crippen molar-refractivity contribution in [2.75, 3.05) is 33.2 Å². The minimum Gasteiger partial charge on any atom is -0.339 e. The van der Waals surface area contributed by atoms with Gasteiger partial charge in [-0.15, -0.1) is 0 Å². The van der Waals surface area contributed by atoms with Gasteiger partial charge in [0.2, 0.25) is 5.91 Å². The lowest BCUT2D eigenvalue weighted by Crippen LogP contribution is -2.52. The highest BCUT2D eigenvalue weighted by molar-refractivity contribution is 5.81. The Labute approximate surface area is 92.4 Å². The molecule has 1 aliphatic heterocycles. The van der Waals surface area contributed by atoms with Gasteiger partial charge < -0.3 is 15.5 Å². The third-order valence-electron chi connectivity index (χ3n) is 3.00. The van der Waals surface area contributed by atoms with Gasteiger partial charge in [0.05, 0.1) is 6.04 Å². The van der Waals surface area contributed by atoms with Crippen LogP contribution in [-0.4, -0.2) is 55.0 Å². The van der Waals surface area contributed by atoms with Crippen molar-refractivity contribution in [1.82, 2.24) is 9.80 Å². The maximum Gasteiger partial charge on any atom is 0.239 e. The topological polar surface area (TPSA) is 49.6 Å². The number of unbranched alkanes of at least 4 members (excludes halogenated alkanes) is 1. The fourth-order valence-corrected chi connectivity index (χ4v) is 1.81. The molecular weight excluding hydrogens is 190 g/mol. The summed E-state index contributed by atoms with van der Waals surface area (Å²) in [5.74, 6) is 0.136. The smallest absolute Gasteiger partial charge is 0.239 e. The molecule has 0 radical (unpaired) electrons. The van der Waals surface area contributed by atoms with Gasteiger partial charge in [0.15, 0.2) is 0 Å². The van der Waals surface area contributed by atoms with Crippen LogP contribution in [0.4, 0.5) is 0 Å². The first-order chi connectivity index (χ1) is 7.15. The first-order valence-electron chi connectivity index (χ1n) is 5.88. The average molecular weight is 213 g/mol. The number of piperazine rings is 1. The molecule has 1 fully saturated rings. The van der Waals surface area contributed by atoms with Gasteiger partial charge in [0.1, 0.15) is 0 Å². The predicted octanol–water partition coefficient (Wildman–Crippen LogP) is 0.278. The summed E-state index contributed by atoms with van der Waals surface area (Å²) in [6.07, 6.45) is 2.96. The van der Waals surface area contributed by atoms with Gasteiger partial charge >= 0.3 is 0 Å². The molecule has 1 aliphatic rings. The molecular formula is C11H23N3O. The summed E-state index contributed by atoms with van der Waals surface area (Å²) in [6.45, 7) is 5.70. The third-order valence-corrected chi connectivity index (χ3v) is 3.00. The molecule has 0 aliphatic carbocycles. The number of nitrogens with zero attached hydrogens (tertiary/aromatic N) is 2. The summed E-state index contributed by atoms with van der Waals surface area (Å²) < 4.78 is 0. The Kier molecular flexibility index (Phi) is 5.05. The quantitative estimate of drug-likeness (QED) is 0.729. The van der Waals surface area contributed by atoms with Crippen molar-refractivity contribution in [3.8, 4) is 0 Å². The van der Waals surface area contributed by atoms with Crippen LogP contribution < -0.4 is 5.73 Å². The van der Waals surface area contributed by atoms with Crippen molar-refractivity contribution in [3.05, 3.63) is 0 Å². The number of carbonyl (C=O) groups is 1. The Hall–Kier alpha value is -0.610. The van der Waals surface area contributed by atoms with Crippen molar-refractivity contribution in [1.29, 1.82) is 0 Å². The van der Waals surface area contributed by atoms with Crippen LogP contribution in [0.2, 0.25) is 0 Å². The average Bonchev–Trinajstić information content (AvgIpc) is 2.26. The first-order valence-corrected chi connectivity index (χ1v) is 5.88. The van der Waals surface area contributed by atoms with E-state index in [-0.39, 0.29) is 11.9 Å². The second kappa shape index (κ2) is 6.08. The zero-order valence-electron chi connectivity index (χ0n) is 9.91. The van der Waals surface area contributed by atoms with E-state index in [4.69, 9.17) is 5.73 Å². The van der Waals surface area contributed by atoms with E-state index in [1.54, 1.807) is 0 Å². The first kappa shape index (κ1) is 12.5. The SMILES string of the molecule is CCCC[C@H](N)C(=O)N1CCN(C)CC1. The predicted molar refractivity (Wildman–Crippen MR) is 61.6 cm³/mol. The number of nitrogens with two attached hydrogens (primary N) is 1. The van der Waals surface area contributed by atoms with Gasteiger partial charge in [0, 0.05) is 26.2 Å². The highest BCUT2D eigenvalue weighted by Crippen LogP contribution is 2.05. The van der Waals surface area contributed by atoms with Crippen LogP contribution in [-0.2, 0) is 4.79 Å². The second-order valence-corrected chi connectivity index (χ2v) is 4.38. The van der Waals surface area contributed by atoms with E-state index >= 15 is 0 Å². The van der Waals surface area contributed by atoms with Crippen LogP contribution in [0.5, 0.6) is 0 Å². The molecule has 0 aromatic carbocycles. The molecule has 0 bridgehead atoms. The number of hydrogen-bond donors (Lipinski definition) is 1. The van der Waals surface area contributed by atoms with Gasteiger partial charge in [-0.3, -0.25) is 4.79 Å². The number of likely N-dealkylation sites (N-methyl/N-ethyl adjacent to an activating group) is 1. The van der Waals surface area contributed by atoms with Crippen LogP contribution in [0.1, 0.15) is 26.2 Å². The molecule has 1 rings (SSSR count). The number of hydrogen-bond acceptors (Lipinski definition) is 3. The molecule has 2 N–H and O–H groups in total. The van der Waals surface area contributed by atoms with E-state index in [0.717, 1.165) is 45.4 Å². The molecule has 0 aromatic heterocycles. The molecule has 0 spiro atoms. The summed E-state index contributed by atoms with van der Waals surface area (Å²) in [7, 11) is 2.08. The Morgan fingerprint density at radius 2 is 1.93 bits per heavy atom. The van der Waals surface area contributed by atoms with Crippen LogP contribution in [0.25, 0.3) is 0 Å². The standard InChI is InChI=1S/C11H23N3O/c1-3-4-5-10(12)11(15)14-8-6-13(2)7-9-14/h10H,3-9,12H2,1-2H3/t10-/m0/s1. The molecule has 0 saturated carbocycles. The summed E-state index contributed by atoms with van der Waals surface area (Å²) in [4.78, 5) is 16.0. The molecule has 4 nitrogen and oxygen atoms in total. The van der Waals surface area contributed by atoms with Gasteiger partial charge in [-0.25, -0.2) is 0 Å². The van der Waals surface area contributed by atoms with E-state index in [9.17, 15) is 4.79 Å². The van der Waals surface area contributed by atoms with Crippen LogP contribution >= 0.6 is 0 Å². The molecule has 15 heavy (non-hydrogen) atoms. The summed E-state index contributed by atoms with van der Waals surface area (Å²) in [6, 6.07) is -0.284. The minimum absolute atomic E-state index is 0.136. The fraction of sp³-hybridized carbons (Fsp3) is 0.909. The molecule has 1 amide bonds. The van der Waals surface area contributed by atoms with Crippen molar-refractivity contribution in [2.45, 2.75) is 32.2 Å². The largest absolute Gasteiger partial charge is 0.339 e. The molecule has 1 atom stereocenters. The van der Waals surface area contributed by atoms with Crippen molar-refractivity contribution >= 4 is 5.91 Å². The van der Waals surface area contributed by atoms with E-state index in [1.165, 1.54) is 0 Å². The van der Waals surface area contributed by atoms with Gasteiger partial charge in [-0.2, -0.15) is 0 Å². The molecule has 4 heteroatoms. The zero-order valence-corrected chi connectivity index (χ0v) is 9.91. The van der Waals surface area contributed by atoms with Crippen LogP contribution in [0.3, 0.4) is 0 Å². The summed E-state index contributed by atoms with van der Waals surface area (Å²) in [5.41, 5.74) is 5.86. The molecule has 1 heterocycles. The molecule has 0 unspecified atom stereocenters. The lowest BCUT2D eigenvalue weighted by Gasteiger charge is -2.33. The van der Waals surface area contributed by atoms with E-state index in [1.807, 2.05) is 4.90 Å². The Bertz CT molecular complexity index is 200. The highest BCUT2D eigenvalue weighted by atomic mass is 16.2. The lowest BCUT2D eigenvalue weighted by atomic mass is 10.1. The summed E-state index contributed by atoms with van der Waals surface area (Å²) >= 11 is 0. The summed E-state index contributed by atoms with van der Waals surface area (Å²) in [5, 5.41) is 0. The van der Waals surface area contributed by atoms with Crippen molar-refractivity contribution in [3.63, 3.8) is 0 Å². The molecule has 1 saturated heterocycles. The highest BCUT2D eigenvalue weighted by Gasteiger charge is 2.23. The van der Waals surface area contributed by atoms with E-state index in [0.29, 0.717) is 0 Å². The van der Waals surface area contributed by atoms with Gasteiger partial charge in [0.25, 0.3) is 0 Å². The Balaban J connectivity index is 2.32. The van der Waals surface area contributed by atoms with Crippen molar-refractivity contribution < 1.29 is 4.79 Å². The Morgan fingerprint density at radius 3 is 2.47 bits per heavy atom. The van der Waals surface area contributed by atoms with Gasteiger partial charge in [-0.05, 0) is 13.5 Å². The number of amides is 1. The van der Waals surface area contributed by atoms with E-state index in [2.05, 4.69) is 18.9 Å². The fourth-order valence-electron chi connectivity index (χ4n) is 1.81. The van der Waals surface area contributed by atoms with E-state index < -0.39 is 0 Å². The normalized spacial score (nSPS) is 20.3. The Morgan fingerprint density at radius 1 is 1.33 bits per heavy atom. The van der Waals surface area contributed by atoms with Crippen LogP contribution in [0.15, 0.2) is 0 Å². The minimum atomic E-state index is -0.284. The van der Waals surface area contributed by atoms with Crippen LogP contribution in [0, 0.1) is 0 Å². The monoisotopic (exact) mass is 213 g/mol. The second-order valence-electron chi connectivity index (χ2n) is 4.38. The lowest BCUT2D eigenvalue weighted by molar-refractivity contribution is -0.134. The number of carbonyl (C=O) groups excluding carboxylic acids is 1. The van der Waals surface area contributed by atoms with Crippen molar-refractivity contribution in [2.24, 2.45) is 5.73 Å².